The first-order valence-electron chi connectivity index (χ1n) is 7.06. The van der Waals surface area contributed by atoms with Crippen molar-refractivity contribution in [1.29, 1.82) is 0 Å². The summed E-state index contributed by atoms with van der Waals surface area (Å²) < 4.78 is 71.3. The first-order valence-corrected chi connectivity index (χ1v) is 9.75. The Morgan fingerprint density at radius 2 is 1.84 bits per heavy atom. The third kappa shape index (κ3) is 3.28. The molecule has 1 aliphatic rings. The third-order valence-electron chi connectivity index (χ3n) is 3.82. The second kappa shape index (κ2) is 6.30. The standard InChI is InChI=1S/C16H12BrF3O4S/c1-25(22,23)11-3-2-10(12-13(11)16(21)15(20)14(12)19)24-9-5-7(17)4-8(18)6-9/h2-6,14-16,21H,1H3. The summed E-state index contributed by atoms with van der Waals surface area (Å²) in [5, 5.41) is 9.94. The number of benzene rings is 2. The van der Waals surface area contributed by atoms with Crippen LogP contribution in [0.4, 0.5) is 13.2 Å². The highest BCUT2D eigenvalue weighted by Gasteiger charge is 2.45. The molecule has 0 spiro atoms. The van der Waals surface area contributed by atoms with Crippen molar-refractivity contribution in [3.8, 4) is 11.5 Å². The van der Waals surface area contributed by atoms with Crippen LogP contribution in [0.5, 0.6) is 11.5 Å². The number of alkyl halides is 2. The SMILES string of the molecule is CS(=O)(=O)c1ccc(Oc2cc(F)cc(Br)c2)c2c1C(O)C(F)C2F. The Bertz CT molecular complexity index is 928. The molecule has 2 aromatic rings. The number of ether oxygens (including phenoxy) is 1. The van der Waals surface area contributed by atoms with Crippen LogP contribution < -0.4 is 4.74 Å². The van der Waals surface area contributed by atoms with Gasteiger partial charge in [-0.15, -0.1) is 0 Å². The van der Waals surface area contributed by atoms with Crippen LogP contribution in [0.1, 0.15) is 23.4 Å². The Morgan fingerprint density at radius 1 is 1.16 bits per heavy atom. The summed E-state index contributed by atoms with van der Waals surface area (Å²) >= 11 is 3.08. The lowest BCUT2D eigenvalue weighted by Crippen LogP contribution is -2.11. The number of fused-ring (bicyclic) bond motifs is 1. The van der Waals surface area contributed by atoms with Gasteiger partial charge in [-0.05, 0) is 24.3 Å². The summed E-state index contributed by atoms with van der Waals surface area (Å²) in [5.41, 5.74) is -0.751. The van der Waals surface area contributed by atoms with E-state index >= 15 is 0 Å². The van der Waals surface area contributed by atoms with Crippen LogP contribution in [-0.2, 0) is 9.84 Å². The molecule has 0 aromatic heterocycles. The van der Waals surface area contributed by atoms with Gasteiger partial charge in [0, 0.05) is 27.9 Å². The second-order valence-corrected chi connectivity index (χ2v) is 8.56. The highest BCUT2D eigenvalue weighted by molar-refractivity contribution is 9.10. The molecule has 3 atom stereocenters. The van der Waals surface area contributed by atoms with Gasteiger partial charge in [-0.25, -0.2) is 21.6 Å². The summed E-state index contributed by atoms with van der Waals surface area (Å²) in [4.78, 5) is -0.370. The Hall–Kier alpha value is -1.58. The van der Waals surface area contributed by atoms with Gasteiger partial charge in [-0.2, -0.15) is 0 Å². The maximum Gasteiger partial charge on any atom is 0.175 e. The average molecular weight is 437 g/mol. The quantitative estimate of drug-likeness (QED) is 0.783. The minimum atomic E-state index is -3.83. The molecule has 3 unspecified atom stereocenters. The van der Waals surface area contributed by atoms with Gasteiger partial charge in [-0.1, -0.05) is 15.9 Å². The zero-order valence-electron chi connectivity index (χ0n) is 12.7. The van der Waals surface area contributed by atoms with Gasteiger partial charge >= 0.3 is 0 Å². The van der Waals surface area contributed by atoms with Gasteiger partial charge in [0.25, 0.3) is 0 Å². The van der Waals surface area contributed by atoms with E-state index in [1.54, 1.807) is 0 Å². The number of aliphatic hydroxyl groups is 1. The van der Waals surface area contributed by atoms with E-state index in [-0.39, 0.29) is 27.5 Å². The molecule has 0 amide bonds. The summed E-state index contributed by atoms with van der Waals surface area (Å²) in [6.45, 7) is 0. The Balaban J connectivity index is 2.17. The normalized spacial score (nSPS) is 22.7. The molecule has 9 heteroatoms. The van der Waals surface area contributed by atoms with Gasteiger partial charge in [0.2, 0.25) is 0 Å². The smallest absolute Gasteiger partial charge is 0.175 e. The topological polar surface area (TPSA) is 63.6 Å². The zero-order valence-corrected chi connectivity index (χ0v) is 15.1. The lowest BCUT2D eigenvalue weighted by Gasteiger charge is -2.15. The maximum atomic E-state index is 14.4. The van der Waals surface area contributed by atoms with E-state index in [0.29, 0.717) is 4.47 Å². The van der Waals surface area contributed by atoms with Gasteiger partial charge in [-0.3, -0.25) is 0 Å². The number of halogens is 4. The highest BCUT2D eigenvalue weighted by atomic mass is 79.9. The summed E-state index contributed by atoms with van der Waals surface area (Å²) in [5.74, 6) is -0.800. The largest absolute Gasteiger partial charge is 0.457 e. The van der Waals surface area contributed by atoms with Crippen molar-refractivity contribution >= 4 is 25.8 Å². The molecule has 0 heterocycles. The number of rotatable bonds is 3. The van der Waals surface area contributed by atoms with E-state index in [9.17, 15) is 26.7 Å². The third-order valence-corrected chi connectivity index (χ3v) is 5.44. The summed E-state index contributed by atoms with van der Waals surface area (Å²) in [6, 6.07) is 5.89. The van der Waals surface area contributed by atoms with Crippen molar-refractivity contribution in [2.45, 2.75) is 23.3 Å². The van der Waals surface area contributed by atoms with Crippen LogP contribution in [0.2, 0.25) is 0 Å². The Labute approximate surface area is 150 Å². The van der Waals surface area contributed by atoms with E-state index in [1.807, 2.05) is 0 Å². The van der Waals surface area contributed by atoms with E-state index in [2.05, 4.69) is 15.9 Å². The summed E-state index contributed by atoms with van der Waals surface area (Å²) in [7, 11) is -3.83. The first-order chi connectivity index (χ1) is 11.6. The molecule has 134 valence electrons. The molecule has 0 radical (unpaired) electrons. The predicted molar refractivity (Wildman–Crippen MR) is 87.4 cm³/mol. The fourth-order valence-corrected chi connectivity index (χ4v) is 4.18. The lowest BCUT2D eigenvalue weighted by molar-refractivity contribution is 0.0454. The van der Waals surface area contributed by atoms with E-state index in [0.717, 1.165) is 24.5 Å². The minimum Gasteiger partial charge on any atom is -0.457 e. The van der Waals surface area contributed by atoms with E-state index in [1.165, 1.54) is 12.1 Å². The highest BCUT2D eigenvalue weighted by Crippen LogP contribution is 2.50. The van der Waals surface area contributed by atoms with Crippen molar-refractivity contribution < 1.29 is 31.4 Å². The molecule has 0 saturated carbocycles. The fourth-order valence-electron chi connectivity index (χ4n) is 2.79. The van der Waals surface area contributed by atoms with Gasteiger partial charge in [0.05, 0.1) is 4.90 Å². The molecule has 3 rings (SSSR count). The molecule has 0 saturated heterocycles. The molecule has 4 nitrogen and oxygen atoms in total. The zero-order chi connectivity index (χ0) is 18.5. The van der Waals surface area contributed by atoms with Crippen LogP contribution in [0, 0.1) is 5.82 Å². The minimum absolute atomic E-state index is 0.00479. The lowest BCUT2D eigenvalue weighted by atomic mass is 10.1. The average Bonchev–Trinajstić information content (AvgIpc) is 2.71. The molecule has 0 fully saturated rings. The van der Waals surface area contributed by atoms with Crippen molar-refractivity contribution in [3.05, 3.63) is 51.7 Å². The monoisotopic (exact) mass is 436 g/mol. The molecule has 25 heavy (non-hydrogen) atoms. The van der Waals surface area contributed by atoms with E-state index in [4.69, 9.17) is 4.74 Å². The molecule has 1 aliphatic carbocycles. The molecular formula is C16H12BrF3O4S. The second-order valence-electron chi connectivity index (χ2n) is 5.66. The van der Waals surface area contributed by atoms with Crippen molar-refractivity contribution in [2.24, 2.45) is 0 Å². The number of sulfone groups is 1. The van der Waals surface area contributed by atoms with Gasteiger partial charge in [0.15, 0.2) is 22.2 Å². The van der Waals surface area contributed by atoms with Crippen LogP contribution in [0.25, 0.3) is 0 Å². The molecule has 1 N–H and O–H groups in total. The summed E-state index contributed by atoms with van der Waals surface area (Å²) in [6.07, 6.45) is -5.64. The molecular weight excluding hydrogens is 425 g/mol. The molecule has 0 aliphatic heterocycles. The maximum absolute atomic E-state index is 14.4. The Morgan fingerprint density at radius 3 is 2.44 bits per heavy atom. The van der Waals surface area contributed by atoms with Gasteiger partial charge < -0.3 is 9.84 Å². The van der Waals surface area contributed by atoms with Gasteiger partial charge in [0.1, 0.15) is 23.4 Å². The van der Waals surface area contributed by atoms with Crippen LogP contribution in [0.3, 0.4) is 0 Å². The number of aliphatic hydroxyl groups excluding tert-OH is 1. The molecule has 0 bridgehead atoms. The number of hydrogen-bond donors (Lipinski definition) is 1. The van der Waals surface area contributed by atoms with Crippen molar-refractivity contribution in [3.63, 3.8) is 0 Å². The molecule has 2 aromatic carbocycles. The van der Waals surface area contributed by atoms with Crippen molar-refractivity contribution in [1.82, 2.24) is 0 Å². The van der Waals surface area contributed by atoms with Crippen LogP contribution >= 0.6 is 15.9 Å². The predicted octanol–water partition coefficient (Wildman–Crippen LogP) is 4.18. The van der Waals surface area contributed by atoms with E-state index < -0.39 is 34.1 Å². The van der Waals surface area contributed by atoms with Crippen molar-refractivity contribution in [2.75, 3.05) is 6.26 Å². The first kappa shape index (κ1) is 18.2. The van der Waals surface area contributed by atoms with Crippen LogP contribution in [0.15, 0.2) is 39.7 Å². The fraction of sp³-hybridized carbons (Fsp3) is 0.250. The van der Waals surface area contributed by atoms with Crippen LogP contribution in [-0.4, -0.2) is 26.0 Å². The number of hydrogen-bond acceptors (Lipinski definition) is 4. The Kier molecular flexibility index (Phi) is 4.59.